The maximum absolute atomic E-state index is 11.5. The van der Waals surface area contributed by atoms with Crippen molar-refractivity contribution in [1.82, 2.24) is 14.9 Å². The van der Waals surface area contributed by atoms with Crippen LogP contribution in [0.1, 0.15) is 46.5 Å². The van der Waals surface area contributed by atoms with Gasteiger partial charge in [-0.25, -0.2) is 19.1 Å². The Balaban J connectivity index is 1.94. The Morgan fingerprint density at radius 3 is 2.55 bits per heavy atom. The number of hydrogen-bond donors (Lipinski definition) is 1. The van der Waals surface area contributed by atoms with Crippen LogP contribution >= 0.6 is 0 Å². The van der Waals surface area contributed by atoms with Gasteiger partial charge in [0.1, 0.15) is 11.9 Å². The quantitative estimate of drug-likeness (QED) is 0.783. The lowest BCUT2D eigenvalue weighted by atomic mass is 10.2. The van der Waals surface area contributed by atoms with Gasteiger partial charge in [0.2, 0.25) is 0 Å². The van der Waals surface area contributed by atoms with Crippen LogP contribution < -0.4 is 5.32 Å². The monoisotopic (exact) mass is 311 g/mol. The minimum atomic E-state index is -0.469. The Morgan fingerprint density at radius 2 is 1.91 bits per heavy atom. The lowest BCUT2D eigenvalue weighted by molar-refractivity contribution is 0.0526. The molecule has 1 aromatic heterocycles. The van der Waals surface area contributed by atoms with Gasteiger partial charge in [-0.05, 0) is 40.0 Å². The molecule has 1 rings (SSSR count). The number of carbonyl (C=O) groups excluding carboxylic acids is 2. The Morgan fingerprint density at radius 1 is 1.18 bits per heavy atom. The van der Waals surface area contributed by atoms with Crippen molar-refractivity contribution >= 4 is 12.2 Å². The number of imidazole rings is 1. The van der Waals surface area contributed by atoms with Gasteiger partial charge in [0.15, 0.2) is 0 Å². The van der Waals surface area contributed by atoms with Crippen LogP contribution in [0.25, 0.3) is 0 Å². The molecule has 124 valence electrons. The summed E-state index contributed by atoms with van der Waals surface area (Å²) in [4.78, 5) is 26.6. The first-order valence-electron chi connectivity index (χ1n) is 7.50. The average Bonchev–Trinajstić information content (AvgIpc) is 2.93. The molecule has 1 N–H and O–H groups in total. The van der Waals surface area contributed by atoms with Crippen LogP contribution in [0, 0.1) is 0 Å². The Kier molecular flexibility index (Phi) is 7.42. The fourth-order valence-corrected chi connectivity index (χ4v) is 1.69. The van der Waals surface area contributed by atoms with Crippen LogP contribution in [0.15, 0.2) is 18.7 Å². The van der Waals surface area contributed by atoms with E-state index < -0.39 is 11.7 Å². The zero-order valence-electron chi connectivity index (χ0n) is 13.5. The number of nitrogens with one attached hydrogen (secondary N) is 1. The van der Waals surface area contributed by atoms with Crippen molar-refractivity contribution in [2.45, 2.75) is 52.1 Å². The Bertz CT molecular complexity index is 452. The number of unbranched alkanes of at least 4 members (excludes halogenated alkanes) is 3. The van der Waals surface area contributed by atoms with Crippen molar-refractivity contribution in [2.24, 2.45) is 0 Å². The van der Waals surface area contributed by atoms with E-state index in [1.807, 2.05) is 20.8 Å². The smallest absolute Gasteiger partial charge is 0.419 e. The van der Waals surface area contributed by atoms with Crippen LogP contribution in [-0.4, -0.2) is 40.5 Å². The topological polar surface area (TPSA) is 82.5 Å². The molecule has 1 amide bonds. The van der Waals surface area contributed by atoms with E-state index in [9.17, 15) is 9.59 Å². The predicted octanol–water partition coefficient (Wildman–Crippen LogP) is 2.95. The summed E-state index contributed by atoms with van der Waals surface area (Å²) in [5, 5.41) is 2.71. The molecule has 0 saturated carbocycles. The minimum Gasteiger partial charge on any atom is -0.449 e. The maximum Gasteiger partial charge on any atom is 0.419 e. The molecule has 0 aromatic carbocycles. The van der Waals surface area contributed by atoms with Crippen LogP contribution in [0.4, 0.5) is 9.59 Å². The number of alkyl carbamates (subject to hydrolysis) is 1. The van der Waals surface area contributed by atoms with Crippen molar-refractivity contribution < 1.29 is 19.1 Å². The van der Waals surface area contributed by atoms with Gasteiger partial charge < -0.3 is 14.8 Å². The number of amides is 1. The number of ether oxygens (including phenoxy) is 2. The van der Waals surface area contributed by atoms with Gasteiger partial charge in [-0.1, -0.05) is 6.42 Å². The maximum atomic E-state index is 11.5. The van der Waals surface area contributed by atoms with E-state index in [1.54, 1.807) is 6.20 Å². The minimum absolute atomic E-state index is 0.385. The summed E-state index contributed by atoms with van der Waals surface area (Å²) in [5.74, 6) is 0. The van der Waals surface area contributed by atoms with Gasteiger partial charge in [0.25, 0.3) is 0 Å². The molecule has 0 fully saturated rings. The Hall–Kier alpha value is -2.05. The lowest BCUT2D eigenvalue weighted by Crippen LogP contribution is -2.32. The van der Waals surface area contributed by atoms with Crippen LogP contribution in [0.3, 0.4) is 0 Å². The molecule has 22 heavy (non-hydrogen) atoms. The first-order valence-corrected chi connectivity index (χ1v) is 7.50. The molecular weight excluding hydrogens is 286 g/mol. The van der Waals surface area contributed by atoms with E-state index in [2.05, 4.69) is 10.3 Å². The summed E-state index contributed by atoms with van der Waals surface area (Å²) < 4.78 is 11.5. The first kappa shape index (κ1) is 18.0. The molecule has 7 nitrogen and oxygen atoms in total. The molecule has 0 aliphatic carbocycles. The fraction of sp³-hybridized carbons (Fsp3) is 0.667. The van der Waals surface area contributed by atoms with E-state index in [1.165, 1.54) is 17.1 Å². The van der Waals surface area contributed by atoms with Gasteiger partial charge in [-0.2, -0.15) is 0 Å². The van der Waals surface area contributed by atoms with Gasteiger partial charge in [-0.3, -0.25) is 0 Å². The second kappa shape index (κ2) is 9.07. The van der Waals surface area contributed by atoms with E-state index in [0.29, 0.717) is 13.2 Å². The third kappa shape index (κ3) is 8.28. The second-order valence-electron chi connectivity index (χ2n) is 5.93. The van der Waals surface area contributed by atoms with Gasteiger partial charge in [0.05, 0.1) is 6.61 Å². The summed E-state index contributed by atoms with van der Waals surface area (Å²) >= 11 is 0. The molecule has 0 saturated heterocycles. The van der Waals surface area contributed by atoms with Crippen LogP contribution in [-0.2, 0) is 9.47 Å². The van der Waals surface area contributed by atoms with Gasteiger partial charge in [-0.15, -0.1) is 0 Å². The normalized spacial score (nSPS) is 11.0. The van der Waals surface area contributed by atoms with E-state index in [-0.39, 0.29) is 6.09 Å². The second-order valence-corrected chi connectivity index (χ2v) is 5.93. The molecule has 7 heteroatoms. The standard InChI is InChI=1S/C15H25N3O4/c1-15(2,3)22-13(19)17-8-6-4-5-7-11-21-14(20)18-10-9-16-12-18/h9-10,12H,4-8,11H2,1-3H3,(H,17,19). The molecule has 0 atom stereocenters. The molecule has 0 aliphatic rings. The molecule has 0 radical (unpaired) electrons. The summed E-state index contributed by atoms with van der Waals surface area (Å²) in [6.45, 7) is 6.47. The number of rotatable bonds is 7. The first-order chi connectivity index (χ1) is 10.4. The highest BCUT2D eigenvalue weighted by molar-refractivity contribution is 5.69. The average molecular weight is 311 g/mol. The highest BCUT2D eigenvalue weighted by Gasteiger charge is 2.15. The molecule has 0 bridgehead atoms. The zero-order valence-corrected chi connectivity index (χ0v) is 13.5. The molecule has 0 spiro atoms. The van der Waals surface area contributed by atoms with Crippen LogP contribution in [0.5, 0.6) is 0 Å². The van der Waals surface area contributed by atoms with Crippen molar-refractivity contribution in [1.29, 1.82) is 0 Å². The molecule has 0 aliphatic heterocycles. The summed E-state index contributed by atoms with van der Waals surface area (Å²) in [5.41, 5.74) is -0.469. The third-order valence-corrected chi connectivity index (χ3v) is 2.68. The van der Waals surface area contributed by atoms with Gasteiger partial charge >= 0.3 is 12.2 Å². The Labute approximate surface area is 131 Å². The molecule has 1 aromatic rings. The molecule has 0 unspecified atom stereocenters. The highest BCUT2D eigenvalue weighted by Crippen LogP contribution is 2.06. The molecular formula is C15H25N3O4. The zero-order chi connectivity index (χ0) is 16.4. The van der Waals surface area contributed by atoms with Gasteiger partial charge in [0, 0.05) is 18.9 Å². The summed E-state index contributed by atoms with van der Waals surface area (Å²) in [7, 11) is 0. The van der Waals surface area contributed by atoms with Crippen molar-refractivity contribution in [2.75, 3.05) is 13.2 Å². The number of carbonyl (C=O) groups is 2. The third-order valence-electron chi connectivity index (χ3n) is 2.68. The molecule has 1 heterocycles. The van der Waals surface area contributed by atoms with Crippen molar-refractivity contribution in [3.63, 3.8) is 0 Å². The highest BCUT2D eigenvalue weighted by atomic mass is 16.6. The summed E-state index contributed by atoms with van der Waals surface area (Å²) in [6.07, 6.45) is 7.24. The van der Waals surface area contributed by atoms with E-state index in [0.717, 1.165) is 25.7 Å². The van der Waals surface area contributed by atoms with E-state index >= 15 is 0 Å². The predicted molar refractivity (Wildman–Crippen MR) is 81.7 cm³/mol. The van der Waals surface area contributed by atoms with Crippen molar-refractivity contribution in [3.05, 3.63) is 18.7 Å². The largest absolute Gasteiger partial charge is 0.449 e. The fourth-order valence-electron chi connectivity index (χ4n) is 1.69. The van der Waals surface area contributed by atoms with Crippen LogP contribution in [0.2, 0.25) is 0 Å². The summed E-state index contributed by atoms with van der Waals surface area (Å²) in [6, 6.07) is 0. The number of aromatic nitrogens is 2. The number of hydrogen-bond acceptors (Lipinski definition) is 5. The van der Waals surface area contributed by atoms with Crippen molar-refractivity contribution in [3.8, 4) is 0 Å². The number of nitrogens with zero attached hydrogens (tertiary/aromatic N) is 2. The SMILES string of the molecule is CC(C)(C)OC(=O)NCCCCCCOC(=O)n1ccnc1. The van der Waals surface area contributed by atoms with E-state index in [4.69, 9.17) is 9.47 Å². The lowest BCUT2D eigenvalue weighted by Gasteiger charge is -2.19.